The van der Waals surface area contributed by atoms with Crippen LogP contribution in [0.15, 0.2) is 146 Å². The van der Waals surface area contributed by atoms with Crippen LogP contribution in [-0.4, -0.2) is 44.5 Å². The van der Waals surface area contributed by atoms with Crippen molar-refractivity contribution in [3.63, 3.8) is 0 Å². The van der Waals surface area contributed by atoms with Crippen LogP contribution in [0.2, 0.25) is 0 Å². The van der Waals surface area contributed by atoms with E-state index in [9.17, 15) is 19.2 Å². The van der Waals surface area contributed by atoms with Gasteiger partial charge in [0.25, 0.3) is 0 Å². The van der Waals surface area contributed by atoms with Crippen LogP contribution in [0, 0.1) is 39.5 Å². The lowest BCUT2D eigenvalue weighted by Crippen LogP contribution is -2.11. The molecule has 0 spiro atoms. The lowest BCUT2D eigenvalue weighted by Gasteiger charge is -2.15. The first-order valence-corrected chi connectivity index (χ1v) is 32.4. The number of carbonyl (C=O) groups excluding carboxylic acids is 4. The monoisotopic (exact) mass is 1240 g/mol. The van der Waals surface area contributed by atoms with E-state index in [0.29, 0.717) is 37.2 Å². The first-order valence-electron chi connectivity index (χ1n) is 32.4. The van der Waals surface area contributed by atoms with Crippen molar-refractivity contribution < 1.29 is 33.4 Å². The number of nitrogens with one attached hydrogen (secondary N) is 4. The Morgan fingerprint density at radius 3 is 1.21 bits per heavy atom. The molecule has 11 nitrogen and oxygen atoms in total. The molecule has 11 heteroatoms. The van der Waals surface area contributed by atoms with E-state index in [2.05, 4.69) is 176 Å². The van der Waals surface area contributed by atoms with Crippen molar-refractivity contribution in [1.29, 1.82) is 0 Å². The minimum absolute atomic E-state index is 0.00262. The van der Waals surface area contributed by atoms with Crippen molar-refractivity contribution in [1.82, 2.24) is 0 Å². The summed E-state index contributed by atoms with van der Waals surface area (Å²) in [6.45, 7) is 13.1. The van der Waals surface area contributed by atoms with Gasteiger partial charge < -0.3 is 35.5 Å². The maximum Gasteiger partial charge on any atom is 0.228 e. The third-order valence-corrected chi connectivity index (χ3v) is 19.3. The van der Waals surface area contributed by atoms with Crippen molar-refractivity contribution in [2.45, 2.75) is 105 Å². The van der Waals surface area contributed by atoms with Gasteiger partial charge in [0.1, 0.15) is 6.10 Å². The number of benzene rings is 8. The van der Waals surface area contributed by atoms with Gasteiger partial charge in [-0.2, -0.15) is 0 Å². The van der Waals surface area contributed by atoms with Crippen molar-refractivity contribution >= 4 is 97.0 Å². The standard InChI is InChI=1S/C22H19NO.C21H19NO.C20H19NO3.C20H17NO2/c1-3-4-5-15-7-9-21-20(11-15)18-12-16-8-6-14(2)10-17(16)19(18)13-22(24)23-21;1-3-4-14-6-8-20-19(10-14)17-11-15-7-5-13(2)9-16(15)18(17)12-21(23)22-20;1-11-4-5-12-7-14-15(13(12)6-11)9-20(22)21-17-10-19(24-3)18(23-2)8-16(14)17;1-11-2-3-12-7-15-16(14(12)6-11)9-20(22)21-18-5-4-13(8-17(15)18)19-10-23-19/h6-11H,5,12-13H2,1-2H3,(H,23,24);3-10H,11-12H2,1-2H3,(H,22,23);4-6,8,10H,7,9H2,1-3H3,(H,21,22);2-6,8,19H,7,9-10H2,1H3,(H,21,22)/b;4-3+;;. The largest absolute Gasteiger partial charge is 0.493 e. The molecule has 0 aromatic heterocycles. The molecule has 1 saturated heterocycles. The van der Waals surface area contributed by atoms with Crippen molar-refractivity contribution in [3.8, 4) is 23.3 Å². The summed E-state index contributed by atoms with van der Waals surface area (Å²) in [5.41, 5.74) is 36.5. The number of anilines is 4. The zero-order valence-electron chi connectivity index (χ0n) is 54.4. The number of ether oxygens (including phenoxy) is 3. The van der Waals surface area contributed by atoms with Crippen LogP contribution >= 0.6 is 0 Å². The number of hydrogen-bond donors (Lipinski definition) is 4. The summed E-state index contributed by atoms with van der Waals surface area (Å²) in [5, 5.41) is 12.2. The van der Waals surface area contributed by atoms with Gasteiger partial charge in [0.2, 0.25) is 23.6 Å². The molecule has 1 atom stereocenters. The fourth-order valence-corrected chi connectivity index (χ4v) is 14.7. The molecule has 9 aliphatic rings. The highest BCUT2D eigenvalue weighted by Gasteiger charge is 2.35. The van der Waals surface area contributed by atoms with Gasteiger partial charge in [-0.15, -0.1) is 5.92 Å². The summed E-state index contributed by atoms with van der Waals surface area (Å²) < 4.78 is 16.3. The Kier molecular flexibility index (Phi) is 16.3. The first-order chi connectivity index (χ1) is 45.6. The lowest BCUT2D eigenvalue weighted by atomic mass is 9.96. The summed E-state index contributed by atoms with van der Waals surface area (Å²) in [7, 11) is 3.23. The van der Waals surface area contributed by atoms with Gasteiger partial charge in [0, 0.05) is 51.8 Å². The van der Waals surface area contributed by atoms with E-state index < -0.39 is 0 Å². The van der Waals surface area contributed by atoms with Crippen LogP contribution in [0.1, 0.15) is 151 Å². The molecule has 468 valence electrons. The highest BCUT2D eigenvalue weighted by atomic mass is 16.6. The minimum atomic E-state index is 0.00262. The second kappa shape index (κ2) is 25.2. The van der Waals surface area contributed by atoms with E-state index >= 15 is 0 Å². The number of carbonyl (C=O) groups is 4. The van der Waals surface area contributed by atoms with Gasteiger partial charge in [-0.05, 0) is 215 Å². The second-order valence-corrected chi connectivity index (χ2v) is 25.7. The van der Waals surface area contributed by atoms with E-state index in [1.807, 2.05) is 50.3 Å². The summed E-state index contributed by atoms with van der Waals surface area (Å²) in [5.74, 6) is 7.58. The van der Waals surface area contributed by atoms with Crippen molar-refractivity contribution in [3.05, 3.63) is 251 Å². The molecular formula is C83H74N4O7. The molecule has 0 radical (unpaired) electrons. The average Bonchev–Trinajstić information content (AvgIpc) is 1.64. The number of methoxy groups -OCH3 is 2. The molecular weight excluding hydrogens is 1160 g/mol. The second-order valence-electron chi connectivity index (χ2n) is 25.7. The highest BCUT2D eigenvalue weighted by molar-refractivity contribution is 6.16. The third-order valence-electron chi connectivity index (χ3n) is 19.3. The van der Waals surface area contributed by atoms with Crippen molar-refractivity contribution in [2.24, 2.45) is 0 Å². The van der Waals surface area contributed by atoms with E-state index in [4.69, 9.17) is 14.2 Å². The Balaban J connectivity index is 0.000000108. The summed E-state index contributed by atoms with van der Waals surface area (Å²) in [6, 6.07) is 48.8. The zero-order valence-corrected chi connectivity index (χ0v) is 54.4. The van der Waals surface area contributed by atoms with Crippen molar-refractivity contribution in [2.75, 3.05) is 42.1 Å². The van der Waals surface area contributed by atoms with Gasteiger partial charge in [-0.25, -0.2) is 0 Å². The topological polar surface area (TPSA) is 147 Å². The van der Waals surface area contributed by atoms with Gasteiger partial charge in [-0.1, -0.05) is 131 Å². The van der Waals surface area contributed by atoms with Gasteiger partial charge in [-0.3, -0.25) is 19.2 Å². The molecule has 4 amide bonds. The Morgan fingerprint density at radius 1 is 0.426 bits per heavy atom. The third kappa shape index (κ3) is 11.9. The molecule has 5 heterocycles. The fraction of sp³-hybridized carbons (Fsp3) is 0.229. The van der Waals surface area contributed by atoms with E-state index in [1.165, 1.54) is 122 Å². The molecule has 4 aliphatic carbocycles. The molecule has 0 saturated carbocycles. The molecule has 17 rings (SSSR count). The molecule has 1 unspecified atom stereocenters. The van der Waals surface area contributed by atoms with Crippen LogP contribution in [0.25, 0.3) is 50.7 Å². The molecule has 0 bridgehead atoms. The fourth-order valence-electron chi connectivity index (χ4n) is 14.7. The highest BCUT2D eigenvalue weighted by Crippen LogP contribution is 2.51. The zero-order chi connectivity index (χ0) is 65.1. The molecule has 5 aliphatic heterocycles. The number of hydrogen-bond acceptors (Lipinski definition) is 7. The predicted molar refractivity (Wildman–Crippen MR) is 379 cm³/mol. The number of epoxide rings is 1. The smallest absolute Gasteiger partial charge is 0.228 e. The van der Waals surface area contributed by atoms with E-state index in [0.717, 1.165) is 89.3 Å². The Hall–Kier alpha value is -10.5. The van der Waals surface area contributed by atoms with E-state index in [-0.39, 0.29) is 29.7 Å². The number of rotatable bonds is 5. The predicted octanol–water partition coefficient (Wildman–Crippen LogP) is 16.9. The van der Waals surface area contributed by atoms with Crippen LogP contribution in [0.4, 0.5) is 22.7 Å². The normalized spacial score (nSPS) is 16.8. The maximum atomic E-state index is 12.4. The molecule has 1 fully saturated rings. The Morgan fingerprint density at radius 2 is 0.798 bits per heavy atom. The van der Waals surface area contributed by atoms with Crippen LogP contribution in [0.5, 0.6) is 11.5 Å². The SMILES string of the molecule is C/C=C/c1ccc2c(c1)C1=C(CC(=O)N2)c2cc(C)ccc2C1.CC#CCc1ccc2c(c1)C1=C(CC(=O)N2)c2cc(C)ccc2C1.COc1cc2c(cc1OC)C1=C(CC(=O)N2)c2cc(C)ccc2C1.Cc1ccc2c(c1)C1=C(C2)c2cc(C3CO3)ccc2NC(=O)C1. The first kappa shape index (κ1) is 61.0. The van der Waals surface area contributed by atoms with Gasteiger partial charge >= 0.3 is 0 Å². The molecule has 8 aromatic carbocycles. The average molecular weight is 1240 g/mol. The molecule has 8 aromatic rings. The summed E-state index contributed by atoms with van der Waals surface area (Å²) in [6.07, 6.45) is 10.4. The van der Waals surface area contributed by atoms with Crippen LogP contribution < -0.4 is 30.7 Å². The quantitative estimate of drug-likeness (QED) is 0.0991. The van der Waals surface area contributed by atoms with Gasteiger partial charge in [0.05, 0.1) is 52.2 Å². The van der Waals surface area contributed by atoms with Gasteiger partial charge in [0.15, 0.2) is 11.5 Å². The minimum Gasteiger partial charge on any atom is -0.493 e. The lowest BCUT2D eigenvalue weighted by molar-refractivity contribution is -0.116. The summed E-state index contributed by atoms with van der Waals surface area (Å²) >= 11 is 0. The Bertz CT molecular complexity index is 4840. The number of amides is 4. The molecule has 94 heavy (non-hydrogen) atoms. The maximum absolute atomic E-state index is 12.4. The Labute approximate surface area is 549 Å². The van der Waals surface area contributed by atoms with E-state index in [1.54, 1.807) is 14.2 Å². The number of aryl methyl sites for hydroxylation is 4. The van der Waals surface area contributed by atoms with Crippen LogP contribution in [-0.2, 0) is 56.0 Å². The number of fused-ring (bicyclic) bond motifs is 16. The summed E-state index contributed by atoms with van der Waals surface area (Å²) in [4.78, 5) is 49.5. The number of allylic oxidation sites excluding steroid dienone is 5. The molecule has 4 N–H and O–H groups in total. The van der Waals surface area contributed by atoms with Crippen LogP contribution in [0.3, 0.4) is 0 Å².